The molecule has 0 aromatic heterocycles. The highest BCUT2D eigenvalue weighted by Crippen LogP contribution is 2.35. The van der Waals surface area contributed by atoms with Crippen LogP contribution in [0.3, 0.4) is 0 Å². The third kappa shape index (κ3) is 5.39. The average Bonchev–Trinajstić information content (AvgIpc) is 2.69. The first-order valence-corrected chi connectivity index (χ1v) is 9.63. The number of benzene rings is 1. The summed E-state index contributed by atoms with van der Waals surface area (Å²) in [5, 5.41) is 10.1. The number of hydrogen-bond donors (Lipinski definition) is 1. The van der Waals surface area contributed by atoms with Gasteiger partial charge < -0.3 is 9.84 Å². The second-order valence-electron chi connectivity index (χ2n) is 7.49. The minimum atomic E-state index is -1.14. The Morgan fingerprint density at radius 2 is 2.00 bits per heavy atom. The van der Waals surface area contributed by atoms with Crippen molar-refractivity contribution >= 4 is 5.97 Å². The number of aliphatic hydroxyl groups excluding tert-OH is 1. The van der Waals surface area contributed by atoms with Crippen molar-refractivity contribution in [3.63, 3.8) is 0 Å². The van der Waals surface area contributed by atoms with Crippen LogP contribution in [0.15, 0.2) is 65.3 Å². The Balaban J connectivity index is 1.51. The molecule has 0 spiro atoms. The number of carbonyl (C=O) groups is 1. The number of allylic oxidation sites excluding steroid dienone is 5. The highest BCUT2D eigenvalue weighted by atomic mass is 19.1. The molecule has 27 heavy (non-hydrogen) atoms. The van der Waals surface area contributed by atoms with Gasteiger partial charge in [0.2, 0.25) is 0 Å². The minimum Gasteiger partial charge on any atom is -0.459 e. The maximum atomic E-state index is 13.6. The van der Waals surface area contributed by atoms with Gasteiger partial charge in [-0.1, -0.05) is 61.1 Å². The number of hydrogen-bond acceptors (Lipinski definition) is 3. The summed E-state index contributed by atoms with van der Waals surface area (Å²) < 4.78 is 18.8. The van der Waals surface area contributed by atoms with Crippen LogP contribution in [-0.2, 0) is 16.1 Å². The van der Waals surface area contributed by atoms with Crippen LogP contribution in [0, 0.1) is 5.92 Å². The van der Waals surface area contributed by atoms with Gasteiger partial charge in [-0.3, -0.25) is 0 Å². The Bertz CT molecular complexity index is 748. The van der Waals surface area contributed by atoms with Crippen LogP contribution in [0.1, 0.15) is 44.6 Å². The summed E-state index contributed by atoms with van der Waals surface area (Å²) in [7, 11) is 0. The van der Waals surface area contributed by atoms with E-state index in [0.29, 0.717) is 12.8 Å². The molecule has 0 bridgehead atoms. The molecule has 3 rings (SSSR count). The van der Waals surface area contributed by atoms with Gasteiger partial charge in [0.1, 0.15) is 12.8 Å². The fourth-order valence-electron chi connectivity index (χ4n) is 3.58. The lowest BCUT2D eigenvalue weighted by atomic mass is 9.82. The smallest absolute Gasteiger partial charge is 0.335 e. The molecule has 2 aliphatic rings. The van der Waals surface area contributed by atoms with Crippen molar-refractivity contribution in [2.24, 2.45) is 5.92 Å². The SMILES string of the molecule is CC1CC(C2=CC=C(C[C@@H](O)C(=O)OCc3ccccc3)CC2)=CCC1F. The van der Waals surface area contributed by atoms with Gasteiger partial charge in [-0.05, 0) is 48.3 Å². The molecule has 0 saturated heterocycles. The fraction of sp³-hybridized carbons (Fsp3) is 0.435. The zero-order valence-electron chi connectivity index (χ0n) is 15.7. The van der Waals surface area contributed by atoms with E-state index in [1.807, 2.05) is 49.4 Å². The standard InChI is InChI=1S/C23H27FO3/c1-16-13-20(11-12-21(16)24)19-9-7-17(8-10-19)14-22(25)23(26)27-15-18-5-3-2-4-6-18/h2-7,9,11,16,21-22,25H,8,10,12-15H2,1H3/t16?,21?,22-/m1/s1. The van der Waals surface area contributed by atoms with Gasteiger partial charge in [0.15, 0.2) is 6.10 Å². The van der Waals surface area contributed by atoms with E-state index in [4.69, 9.17) is 4.74 Å². The molecule has 0 heterocycles. The van der Waals surface area contributed by atoms with Gasteiger partial charge >= 0.3 is 5.97 Å². The zero-order chi connectivity index (χ0) is 19.2. The second kappa shape index (κ2) is 9.14. The predicted octanol–water partition coefficient (Wildman–Crippen LogP) is 4.82. The van der Waals surface area contributed by atoms with Crippen LogP contribution in [0.2, 0.25) is 0 Å². The van der Waals surface area contributed by atoms with Crippen LogP contribution >= 0.6 is 0 Å². The molecule has 1 N–H and O–H groups in total. The number of ether oxygens (including phenoxy) is 1. The van der Waals surface area contributed by atoms with E-state index < -0.39 is 18.2 Å². The molecule has 0 aliphatic heterocycles. The predicted molar refractivity (Wildman–Crippen MR) is 104 cm³/mol. The van der Waals surface area contributed by atoms with Crippen molar-refractivity contribution in [2.75, 3.05) is 0 Å². The molecule has 3 atom stereocenters. The molecule has 0 saturated carbocycles. The number of rotatable bonds is 6. The van der Waals surface area contributed by atoms with Crippen LogP contribution in [0.5, 0.6) is 0 Å². The topological polar surface area (TPSA) is 46.5 Å². The lowest BCUT2D eigenvalue weighted by molar-refractivity contribution is -0.154. The van der Waals surface area contributed by atoms with Crippen LogP contribution in [0.25, 0.3) is 0 Å². The van der Waals surface area contributed by atoms with Crippen molar-refractivity contribution in [1.29, 1.82) is 0 Å². The molecule has 0 radical (unpaired) electrons. The number of esters is 1. The molecular weight excluding hydrogens is 343 g/mol. The van der Waals surface area contributed by atoms with Gasteiger partial charge in [-0.25, -0.2) is 9.18 Å². The third-order valence-electron chi connectivity index (χ3n) is 5.35. The van der Waals surface area contributed by atoms with Crippen molar-refractivity contribution in [1.82, 2.24) is 0 Å². The molecule has 0 amide bonds. The van der Waals surface area contributed by atoms with Crippen LogP contribution in [-0.4, -0.2) is 23.4 Å². The summed E-state index contributed by atoms with van der Waals surface area (Å²) in [5.74, 6) is -0.523. The van der Waals surface area contributed by atoms with Crippen molar-refractivity contribution in [2.45, 2.75) is 57.9 Å². The summed E-state index contributed by atoms with van der Waals surface area (Å²) >= 11 is 0. The summed E-state index contributed by atoms with van der Waals surface area (Å²) in [6.07, 6.45) is 7.42. The zero-order valence-corrected chi connectivity index (χ0v) is 15.7. The Hall–Kier alpha value is -2.20. The molecule has 2 aliphatic carbocycles. The number of aliphatic hydroxyl groups is 1. The highest BCUT2D eigenvalue weighted by molar-refractivity contribution is 5.74. The quantitative estimate of drug-likeness (QED) is 0.730. The number of carbonyl (C=O) groups excluding carboxylic acids is 1. The van der Waals surface area contributed by atoms with E-state index in [1.54, 1.807) is 0 Å². The van der Waals surface area contributed by atoms with Gasteiger partial charge in [0, 0.05) is 6.42 Å². The third-order valence-corrected chi connectivity index (χ3v) is 5.35. The largest absolute Gasteiger partial charge is 0.459 e. The first-order chi connectivity index (χ1) is 13.0. The van der Waals surface area contributed by atoms with Crippen molar-refractivity contribution < 1.29 is 19.0 Å². The minimum absolute atomic E-state index is 0.0671. The molecule has 144 valence electrons. The van der Waals surface area contributed by atoms with E-state index in [2.05, 4.69) is 6.08 Å². The van der Waals surface area contributed by atoms with Gasteiger partial charge in [-0.2, -0.15) is 0 Å². The second-order valence-corrected chi connectivity index (χ2v) is 7.49. The van der Waals surface area contributed by atoms with Crippen molar-refractivity contribution in [3.05, 3.63) is 70.8 Å². The molecule has 1 aromatic rings. The first kappa shape index (κ1) is 19.6. The Labute approximate surface area is 160 Å². The number of halogens is 1. The first-order valence-electron chi connectivity index (χ1n) is 9.63. The summed E-state index contributed by atoms with van der Waals surface area (Å²) in [4.78, 5) is 12.0. The lowest BCUT2D eigenvalue weighted by Gasteiger charge is -2.26. The van der Waals surface area contributed by atoms with E-state index in [1.165, 1.54) is 11.1 Å². The lowest BCUT2D eigenvalue weighted by Crippen LogP contribution is -2.24. The Morgan fingerprint density at radius 3 is 2.67 bits per heavy atom. The summed E-state index contributed by atoms with van der Waals surface area (Å²) in [5.41, 5.74) is 4.43. The van der Waals surface area contributed by atoms with Crippen molar-refractivity contribution in [3.8, 4) is 0 Å². The van der Waals surface area contributed by atoms with Gasteiger partial charge in [0.05, 0.1) is 0 Å². The van der Waals surface area contributed by atoms with E-state index in [-0.39, 0.29) is 12.5 Å². The molecule has 4 heteroatoms. The maximum Gasteiger partial charge on any atom is 0.335 e. The molecular formula is C23H27FO3. The maximum absolute atomic E-state index is 13.6. The highest BCUT2D eigenvalue weighted by Gasteiger charge is 2.24. The van der Waals surface area contributed by atoms with Crippen LogP contribution in [0.4, 0.5) is 4.39 Å². The fourth-order valence-corrected chi connectivity index (χ4v) is 3.58. The average molecular weight is 370 g/mol. The van der Waals surface area contributed by atoms with Gasteiger partial charge in [0.25, 0.3) is 0 Å². The number of alkyl halides is 1. The monoisotopic (exact) mass is 370 g/mol. The van der Waals surface area contributed by atoms with Crippen LogP contribution < -0.4 is 0 Å². The van der Waals surface area contributed by atoms with E-state index >= 15 is 0 Å². The van der Waals surface area contributed by atoms with E-state index in [0.717, 1.165) is 30.4 Å². The Kier molecular flexibility index (Phi) is 6.62. The van der Waals surface area contributed by atoms with E-state index in [9.17, 15) is 14.3 Å². The Morgan fingerprint density at radius 1 is 1.22 bits per heavy atom. The van der Waals surface area contributed by atoms with Gasteiger partial charge in [-0.15, -0.1) is 0 Å². The summed E-state index contributed by atoms with van der Waals surface area (Å²) in [6, 6.07) is 9.42. The molecule has 2 unspecified atom stereocenters. The normalized spacial score (nSPS) is 23.7. The summed E-state index contributed by atoms with van der Waals surface area (Å²) in [6.45, 7) is 2.13. The molecule has 3 nitrogen and oxygen atoms in total. The molecule has 0 fully saturated rings. The molecule has 1 aromatic carbocycles.